The lowest BCUT2D eigenvalue weighted by molar-refractivity contribution is -0.149. The molecule has 0 aromatic heterocycles. The number of carboxylic acids is 1. The van der Waals surface area contributed by atoms with Gasteiger partial charge in [0.2, 0.25) is 0 Å². The molecule has 2 fully saturated rings. The molecular weight excluding hydrogens is 218 g/mol. The first-order valence-corrected chi connectivity index (χ1v) is 6.79. The molecule has 0 bridgehead atoms. The van der Waals surface area contributed by atoms with Gasteiger partial charge in [-0.15, -0.1) is 0 Å². The smallest absolute Gasteiger partial charge is 0.332 e. The normalized spacial score (nSPS) is 34.3. The van der Waals surface area contributed by atoms with Gasteiger partial charge >= 0.3 is 5.97 Å². The van der Waals surface area contributed by atoms with Crippen molar-refractivity contribution in [2.75, 3.05) is 19.6 Å². The van der Waals surface area contributed by atoms with Crippen LogP contribution in [-0.4, -0.2) is 47.8 Å². The molecule has 3 unspecified atom stereocenters. The van der Waals surface area contributed by atoms with E-state index in [0.29, 0.717) is 6.42 Å². The fourth-order valence-electron chi connectivity index (χ4n) is 3.03. The highest BCUT2D eigenvalue weighted by Gasteiger charge is 2.32. The number of hydrogen-bond donors (Lipinski definition) is 1. The van der Waals surface area contributed by atoms with E-state index in [-0.39, 0.29) is 6.10 Å². The third-order valence-electron chi connectivity index (χ3n) is 3.91. The third kappa shape index (κ3) is 3.42. The van der Waals surface area contributed by atoms with E-state index in [1.54, 1.807) is 0 Å². The first-order chi connectivity index (χ1) is 8.19. The molecule has 98 valence electrons. The zero-order valence-electron chi connectivity index (χ0n) is 10.6. The van der Waals surface area contributed by atoms with Crippen LogP contribution < -0.4 is 0 Å². The number of carboxylic acid groups (broad SMARTS) is 1. The molecule has 4 nitrogen and oxygen atoms in total. The number of carbonyl (C=O) groups is 1. The fourth-order valence-corrected chi connectivity index (χ4v) is 3.03. The van der Waals surface area contributed by atoms with Gasteiger partial charge in [-0.3, -0.25) is 0 Å². The summed E-state index contributed by atoms with van der Waals surface area (Å²) in [6.45, 7) is 5.48. The van der Waals surface area contributed by atoms with E-state index >= 15 is 0 Å². The zero-order chi connectivity index (χ0) is 12.3. The van der Waals surface area contributed by atoms with Gasteiger partial charge in [-0.25, -0.2) is 4.79 Å². The first-order valence-electron chi connectivity index (χ1n) is 6.79. The van der Waals surface area contributed by atoms with Crippen LogP contribution in [0.25, 0.3) is 0 Å². The SMILES string of the molecule is CCCC1CCN(CC2CCC(C(=O)O)O2)C1. The van der Waals surface area contributed by atoms with Crippen molar-refractivity contribution in [3.8, 4) is 0 Å². The Kier molecular flexibility index (Phi) is 4.40. The van der Waals surface area contributed by atoms with Gasteiger partial charge in [0.1, 0.15) is 0 Å². The largest absolute Gasteiger partial charge is 0.479 e. The summed E-state index contributed by atoms with van der Waals surface area (Å²) in [7, 11) is 0. The van der Waals surface area contributed by atoms with Crippen molar-refractivity contribution >= 4 is 5.97 Å². The van der Waals surface area contributed by atoms with Gasteiger partial charge in [0.05, 0.1) is 6.10 Å². The minimum atomic E-state index is -0.808. The average molecular weight is 241 g/mol. The number of rotatable bonds is 5. The molecular formula is C13H23NO3. The average Bonchev–Trinajstić information content (AvgIpc) is 2.89. The highest BCUT2D eigenvalue weighted by Crippen LogP contribution is 2.25. The quantitative estimate of drug-likeness (QED) is 0.796. The predicted molar refractivity (Wildman–Crippen MR) is 65.0 cm³/mol. The van der Waals surface area contributed by atoms with E-state index in [1.165, 1.54) is 25.8 Å². The summed E-state index contributed by atoms with van der Waals surface area (Å²) in [4.78, 5) is 13.2. The molecule has 4 heteroatoms. The Labute approximate surface area is 103 Å². The molecule has 17 heavy (non-hydrogen) atoms. The number of ether oxygens (including phenoxy) is 1. The maximum Gasteiger partial charge on any atom is 0.332 e. The van der Waals surface area contributed by atoms with E-state index in [9.17, 15) is 4.79 Å². The van der Waals surface area contributed by atoms with Crippen LogP contribution in [0.3, 0.4) is 0 Å². The molecule has 1 N–H and O–H groups in total. The minimum absolute atomic E-state index is 0.136. The maximum atomic E-state index is 10.8. The summed E-state index contributed by atoms with van der Waals surface area (Å²) in [6, 6.07) is 0. The molecule has 3 atom stereocenters. The van der Waals surface area contributed by atoms with Gasteiger partial charge < -0.3 is 14.7 Å². The van der Waals surface area contributed by atoms with Crippen molar-refractivity contribution in [1.29, 1.82) is 0 Å². The molecule has 2 rings (SSSR count). The van der Waals surface area contributed by atoms with Crippen LogP contribution >= 0.6 is 0 Å². The zero-order valence-corrected chi connectivity index (χ0v) is 10.6. The summed E-state index contributed by atoms with van der Waals surface area (Å²) in [5, 5.41) is 8.87. The van der Waals surface area contributed by atoms with Crippen LogP contribution in [0.5, 0.6) is 0 Å². The monoisotopic (exact) mass is 241 g/mol. The van der Waals surface area contributed by atoms with Gasteiger partial charge in [-0.1, -0.05) is 13.3 Å². The first kappa shape index (κ1) is 12.8. The van der Waals surface area contributed by atoms with Crippen molar-refractivity contribution in [1.82, 2.24) is 4.90 Å². The second-order valence-corrected chi connectivity index (χ2v) is 5.37. The molecule has 2 saturated heterocycles. The minimum Gasteiger partial charge on any atom is -0.479 e. The molecule has 0 amide bonds. The number of likely N-dealkylation sites (tertiary alicyclic amines) is 1. The Balaban J connectivity index is 1.71. The Morgan fingerprint density at radius 3 is 2.88 bits per heavy atom. The maximum absolute atomic E-state index is 10.8. The van der Waals surface area contributed by atoms with Gasteiger partial charge in [-0.05, 0) is 38.1 Å². The van der Waals surface area contributed by atoms with Crippen LogP contribution in [0, 0.1) is 5.92 Å². The molecule has 0 aromatic rings. The summed E-state index contributed by atoms with van der Waals surface area (Å²) in [5.41, 5.74) is 0. The Hall–Kier alpha value is -0.610. The molecule has 0 radical (unpaired) electrons. The second-order valence-electron chi connectivity index (χ2n) is 5.37. The van der Waals surface area contributed by atoms with E-state index in [1.807, 2.05) is 0 Å². The molecule has 2 aliphatic heterocycles. The summed E-state index contributed by atoms with van der Waals surface area (Å²) < 4.78 is 5.54. The molecule has 0 saturated carbocycles. The van der Waals surface area contributed by atoms with Gasteiger partial charge in [-0.2, -0.15) is 0 Å². The van der Waals surface area contributed by atoms with E-state index in [2.05, 4.69) is 11.8 Å². The number of hydrogen-bond acceptors (Lipinski definition) is 3. The van der Waals surface area contributed by atoms with Gasteiger partial charge in [0, 0.05) is 13.1 Å². The standard InChI is InChI=1S/C13H23NO3/c1-2-3-10-6-7-14(8-10)9-11-4-5-12(17-11)13(15)16/h10-12H,2-9H2,1H3,(H,15,16). The molecule has 0 aliphatic carbocycles. The number of nitrogens with zero attached hydrogens (tertiary/aromatic N) is 1. The molecule has 2 heterocycles. The van der Waals surface area contributed by atoms with Crippen molar-refractivity contribution in [2.24, 2.45) is 5.92 Å². The van der Waals surface area contributed by atoms with Crippen LogP contribution in [0.15, 0.2) is 0 Å². The van der Waals surface area contributed by atoms with E-state index in [4.69, 9.17) is 9.84 Å². The van der Waals surface area contributed by atoms with Crippen LogP contribution in [0.2, 0.25) is 0 Å². The van der Waals surface area contributed by atoms with Crippen molar-refractivity contribution < 1.29 is 14.6 Å². The summed E-state index contributed by atoms with van der Waals surface area (Å²) in [6.07, 6.45) is 5.02. The number of aliphatic carboxylic acids is 1. The Morgan fingerprint density at radius 1 is 1.41 bits per heavy atom. The summed E-state index contributed by atoms with van der Waals surface area (Å²) >= 11 is 0. The van der Waals surface area contributed by atoms with Gasteiger partial charge in [0.15, 0.2) is 6.10 Å². The van der Waals surface area contributed by atoms with Crippen LogP contribution in [-0.2, 0) is 9.53 Å². The van der Waals surface area contributed by atoms with Gasteiger partial charge in [0.25, 0.3) is 0 Å². The second kappa shape index (κ2) is 5.83. The lowest BCUT2D eigenvalue weighted by Crippen LogP contribution is -2.32. The van der Waals surface area contributed by atoms with Crippen LogP contribution in [0.4, 0.5) is 0 Å². The molecule has 2 aliphatic rings. The highest BCUT2D eigenvalue weighted by molar-refractivity contribution is 5.72. The lowest BCUT2D eigenvalue weighted by atomic mass is 10.0. The summed E-state index contributed by atoms with van der Waals surface area (Å²) in [5.74, 6) is 0.0365. The van der Waals surface area contributed by atoms with E-state index < -0.39 is 12.1 Å². The lowest BCUT2D eigenvalue weighted by Gasteiger charge is -2.20. The van der Waals surface area contributed by atoms with Crippen molar-refractivity contribution in [2.45, 2.75) is 51.2 Å². The van der Waals surface area contributed by atoms with Crippen LogP contribution in [0.1, 0.15) is 39.0 Å². The van der Waals surface area contributed by atoms with Crippen molar-refractivity contribution in [3.05, 3.63) is 0 Å². The molecule has 0 aromatic carbocycles. The third-order valence-corrected chi connectivity index (χ3v) is 3.91. The van der Waals surface area contributed by atoms with E-state index in [0.717, 1.165) is 25.4 Å². The van der Waals surface area contributed by atoms with Crippen molar-refractivity contribution in [3.63, 3.8) is 0 Å². The predicted octanol–water partition coefficient (Wildman–Crippen LogP) is 1.74. The highest BCUT2D eigenvalue weighted by atomic mass is 16.5. The molecule has 0 spiro atoms. The fraction of sp³-hybridized carbons (Fsp3) is 0.923. The Bertz CT molecular complexity index is 269. The Morgan fingerprint density at radius 2 is 2.24 bits per heavy atom. The topological polar surface area (TPSA) is 49.8 Å².